The third-order valence-corrected chi connectivity index (χ3v) is 5.47. The first kappa shape index (κ1) is 16.9. The first-order valence-corrected chi connectivity index (χ1v) is 9.61. The molecule has 0 saturated heterocycles. The highest BCUT2D eigenvalue weighted by Crippen LogP contribution is 2.36. The van der Waals surface area contributed by atoms with Gasteiger partial charge in [-0.15, -0.1) is 11.3 Å². The summed E-state index contributed by atoms with van der Waals surface area (Å²) >= 11 is 1.67. The summed E-state index contributed by atoms with van der Waals surface area (Å²) in [5, 5.41) is 16.0. The summed E-state index contributed by atoms with van der Waals surface area (Å²) in [7, 11) is 0. The van der Waals surface area contributed by atoms with Crippen LogP contribution in [0.2, 0.25) is 0 Å². The van der Waals surface area contributed by atoms with Crippen molar-refractivity contribution in [1.82, 2.24) is 15.0 Å². The number of rotatable bonds is 6. The summed E-state index contributed by atoms with van der Waals surface area (Å²) in [5.41, 5.74) is 8.89. The Morgan fingerprint density at radius 2 is 1.96 bits per heavy atom. The first-order chi connectivity index (χ1) is 12.7. The molecule has 0 amide bonds. The molecule has 0 spiro atoms. The van der Waals surface area contributed by atoms with Gasteiger partial charge in [0.05, 0.1) is 22.5 Å². The molecule has 134 valence electrons. The molecule has 4 N–H and O–H groups in total. The number of aliphatic hydroxyl groups excluding tert-OH is 1. The van der Waals surface area contributed by atoms with Crippen LogP contribution in [0, 0.1) is 0 Å². The molecule has 1 fully saturated rings. The zero-order chi connectivity index (χ0) is 17.9. The van der Waals surface area contributed by atoms with E-state index in [0.29, 0.717) is 0 Å². The van der Waals surface area contributed by atoms with Crippen molar-refractivity contribution in [2.45, 2.75) is 31.3 Å². The summed E-state index contributed by atoms with van der Waals surface area (Å²) in [6.07, 6.45) is 2.10. The lowest BCUT2D eigenvalue weighted by Gasteiger charge is -2.30. The maximum Gasteiger partial charge on any atom is 0.222 e. The molecule has 1 aromatic carbocycles. The SMILES string of the molecule is Nc1nc(NCCc2nc(-c3ccccc3)cs2)cc(C2CC(O)C2)n1. The van der Waals surface area contributed by atoms with E-state index in [1.807, 2.05) is 24.3 Å². The topological polar surface area (TPSA) is 97.0 Å². The number of anilines is 2. The van der Waals surface area contributed by atoms with Crippen molar-refractivity contribution >= 4 is 23.1 Å². The van der Waals surface area contributed by atoms with Crippen LogP contribution in [0.3, 0.4) is 0 Å². The number of hydrogen-bond acceptors (Lipinski definition) is 7. The smallest absolute Gasteiger partial charge is 0.222 e. The average molecular weight is 367 g/mol. The molecule has 26 heavy (non-hydrogen) atoms. The zero-order valence-electron chi connectivity index (χ0n) is 14.3. The van der Waals surface area contributed by atoms with Gasteiger partial charge in [-0.25, -0.2) is 9.97 Å². The zero-order valence-corrected chi connectivity index (χ0v) is 15.1. The van der Waals surface area contributed by atoms with Gasteiger partial charge in [0.25, 0.3) is 0 Å². The number of hydrogen-bond donors (Lipinski definition) is 3. The molecule has 7 heteroatoms. The fourth-order valence-electron chi connectivity index (χ4n) is 3.08. The lowest BCUT2D eigenvalue weighted by Crippen LogP contribution is -2.27. The lowest BCUT2D eigenvalue weighted by atomic mass is 9.80. The normalized spacial score (nSPS) is 19.1. The van der Waals surface area contributed by atoms with Gasteiger partial charge in [-0.3, -0.25) is 0 Å². The van der Waals surface area contributed by atoms with E-state index in [-0.39, 0.29) is 18.0 Å². The van der Waals surface area contributed by atoms with Gasteiger partial charge in [0, 0.05) is 35.9 Å². The van der Waals surface area contributed by atoms with Gasteiger partial charge in [-0.05, 0) is 12.8 Å². The quantitative estimate of drug-likeness (QED) is 0.619. The highest BCUT2D eigenvalue weighted by molar-refractivity contribution is 7.09. The Balaban J connectivity index is 1.36. The number of aliphatic hydroxyl groups is 1. The van der Waals surface area contributed by atoms with Crippen LogP contribution in [-0.2, 0) is 6.42 Å². The van der Waals surface area contributed by atoms with Crippen LogP contribution in [0.1, 0.15) is 29.5 Å². The van der Waals surface area contributed by atoms with Gasteiger partial charge in [0.1, 0.15) is 5.82 Å². The molecule has 0 atom stereocenters. The molecular formula is C19H21N5OS. The van der Waals surface area contributed by atoms with Gasteiger partial charge in [-0.1, -0.05) is 30.3 Å². The van der Waals surface area contributed by atoms with Gasteiger partial charge in [-0.2, -0.15) is 4.98 Å². The predicted octanol–water partition coefficient (Wildman–Crippen LogP) is 3.08. The van der Waals surface area contributed by atoms with Crippen LogP contribution >= 0.6 is 11.3 Å². The van der Waals surface area contributed by atoms with E-state index in [1.54, 1.807) is 11.3 Å². The minimum atomic E-state index is -0.212. The predicted molar refractivity (Wildman–Crippen MR) is 104 cm³/mol. The summed E-state index contributed by atoms with van der Waals surface area (Å²) < 4.78 is 0. The molecule has 0 radical (unpaired) electrons. The van der Waals surface area contributed by atoms with Crippen LogP contribution in [0.25, 0.3) is 11.3 Å². The highest BCUT2D eigenvalue weighted by Gasteiger charge is 2.30. The maximum absolute atomic E-state index is 9.47. The van der Waals surface area contributed by atoms with Crippen LogP contribution in [0.15, 0.2) is 41.8 Å². The van der Waals surface area contributed by atoms with Crippen molar-refractivity contribution in [1.29, 1.82) is 0 Å². The van der Waals surface area contributed by atoms with Gasteiger partial charge >= 0.3 is 0 Å². The molecule has 1 saturated carbocycles. The average Bonchev–Trinajstić information content (AvgIpc) is 3.08. The highest BCUT2D eigenvalue weighted by atomic mass is 32.1. The minimum Gasteiger partial charge on any atom is -0.393 e. The minimum absolute atomic E-state index is 0.212. The van der Waals surface area contributed by atoms with Gasteiger partial charge in [0.2, 0.25) is 5.95 Å². The van der Waals surface area contributed by atoms with E-state index in [2.05, 4.69) is 32.8 Å². The third-order valence-electron chi connectivity index (χ3n) is 4.56. The Hall–Kier alpha value is -2.51. The monoisotopic (exact) mass is 367 g/mol. The van der Waals surface area contributed by atoms with Crippen LogP contribution in [0.4, 0.5) is 11.8 Å². The van der Waals surface area contributed by atoms with Gasteiger partial charge < -0.3 is 16.2 Å². The molecule has 2 heterocycles. The Bertz CT molecular complexity index is 877. The van der Waals surface area contributed by atoms with Crippen molar-refractivity contribution in [3.05, 3.63) is 52.5 Å². The van der Waals surface area contributed by atoms with E-state index < -0.39 is 0 Å². The van der Waals surface area contributed by atoms with Crippen LogP contribution in [-0.4, -0.2) is 32.7 Å². The summed E-state index contributed by atoms with van der Waals surface area (Å²) in [4.78, 5) is 13.3. The third kappa shape index (κ3) is 3.84. The van der Waals surface area contributed by atoms with Crippen molar-refractivity contribution in [3.8, 4) is 11.3 Å². The molecule has 4 rings (SSSR count). The second-order valence-corrected chi connectivity index (χ2v) is 7.47. The lowest BCUT2D eigenvalue weighted by molar-refractivity contribution is 0.0732. The van der Waals surface area contributed by atoms with Crippen molar-refractivity contribution in [2.24, 2.45) is 0 Å². The molecule has 6 nitrogen and oxygen atoms in total. The summed E-state index contributed by atoms with van der Waals surface area (Å²) in [5.74, 6) is 1.28. The second-order valence-electron chi connectivity index (χ2n) is 6.53. The first-order valence-electron chi connectivity index (χ1n) is 8.73. The number of aromatic nitrogens is 3. The number of nitrogens with zero attached hydrogens (tertiary/aromatic N) is 3. The molecule has 3 aromatic rings. The Morgan fingerprint density at radius 3 is 2.73 bits per heavy atom. The summed E-state index contributed by atoms with van der Waals surface area (Å²) in [6.45, 7) is 0.727. The molecule has 0 aliphatic heterocycles. The number of thiazole rings is 1. The van der Waals surface area contributed by atoms with E-state index in [9.17, 15) is 5.11 Å². The van der Waals surface area contributed by atoms with E-state index in [0.717, 1.165) is 53.6 Å². The molecule has 0 bridgehead atoms. The fourth-order valence-corrected chi connectivity index (χ4v) is 3.89. The van der Waals surface area contributed by atoms with E-state index in [1.165, 1.54) is 0 Å². The van der Waals surface area contributed by atoms with Gasteiger partial charge in [0.15, 0.2) is 0 Å². The largest absolute Gasteiger partial charge is 0.393 e. The van der Waals surface area contributed by atoms with E-state index >= 15 is 0 Å². The van der Waals surface area contributed by atoms with Crippen LogP contribution < -0.4 is 11.1 Å². The molecule has 0 unspecified atom stereocenters. The van der Waals surface area contributed by atoms with Crippen LogP contribution in [0.5, 0.6) is 0 Å². The molecular weight excluding hydrogens is 346 g/mol. The maximum atomic E-state index is 9.47. The summed E-state index contributed by atoms with van der Waals surface area (Å²) in [6, 6.07) is 12.1. The Labute approximate surface area is 156 Å². The molecule has 1 aliphatic carbocycles. The fraction of sp³-hybridized carbons (Fsp3) is 0.316. The van der Waals surface area contributed by atoms with Crippen molar-refractivity contribution in [3.63, 3.8) is 0 Å². The number of nitrogen functional groups attached to an aromatic ring is 1. The molecule has 2 aromatic heterocycles. The second kappa shape index (κ2) is 7.39. The van der Waals surface area contributed by atoms with E-state index in [4.69, 9.17) is 10.7 Å². The number of nitrogens with one attached hydrogen (secondary N) is 1. The van der Waals surface area contributed by atoms with Crippen molar-refractivity contribution < 1.29 is 5.11 Å². The number of benzene rings is 1. The Morgan fingerprint density at radius 1 is 1.15 bits per heavy atom. The van der Waals surface area contributed by atoms with Crippen molar-refractivity contribution in [2.75, 3.05) is 17.6 Å². The molecule has 1 aliphatic rings. The standard InChI is InChI=1S/C19H21N5OS/c20-19-23-15(13-8-14(25)9-13)10-17(24-19)21-7-6-18-22-16(11-26-18)12-4-2-1-3-5-12/h1-5,10-11,13-14,25H,6-9H2,(H3,20,21,23,24). The number of nitrogens with two attached hydrogens (primary N) is 1. The Kier molecular flexibility index (Phi) is 4.81.